The van der Waals surface area contributed by atoms with Gasteiger partial charge in [-0.2, -0.15) is 0 Å². The van der Waals surface area contributed by atoms with Gasteiger partial charge in [-0.3, -0.25) is 0 Å². The van der Waals surface area contributed by atoms with Crippen LogP contribution in [0.25, 0.3) is 10.8 Å². The van der Waals surface area contributed by atoms with Crippen molar-refractivity contribution in [2.75, 3.05) is 0 Å². The normalized spacial score (nSPS) is 13.8. The van der Waals surface area contributed by atoms with E-state index in [2.05, 4.69) is 20.8 Å². The summed E-state index contributed by atoms with van der Waals surface area (Å²) in [5, 5.41) is 1.58. The average molecular weight is 245 g/mol. The van der Waals surface area contributed by atoms with E-state index in [4.69, 9.17) is 5.73 Å². The quantitative estimate of drug-likeness (QED) is 0.833. The lowest BCUT2D eigenvalue weighted by atomic mass is 9.84. The Morgan fingerprint density at radius 2 is 1.67 bits per heavy atom. The Morgan fingerprint density at radius 3 is 2.28 bits per heavy atom. The molecule has 96 valence electrons. The molecule has 1 nitrogen and oxygen atoms in total. The van der Waals surface area contributed by atoms with Crippen LogP contribution in [0, 0.1) is 11.2 Å². The minimum absolute atomic E-state index is 0.0597. The van der Waals surface area contributed by atoms with Gasteiger partial charge in [-0.15, -0.1) is 0 Å². The number of hydrogen-bond acceptors (Lipinski definition) is 1. The molecule has 18 heavy (non-hydrogen) atoms. The third-order valence-electron chi connectivity index (χ3n) is 3.14. The molecule has 1 unspecified atom stereocenters. The van der Waals surface area contributed by atoms with Gasteiger partial charge >= 0.3 is 0 Å². The van der Waals surface area contributed by atoms with Crippen LogP contribution in [0.2, 0.25) is 0 Å². The highest BCUT2D eigenvalue weighted by molar-refractivity contribution is 5.86. The molecular weight excluding hydrogens is 225 g/mol. The van der Waals surface area contributed by atoms with Crippen molar-refractivity contribution in [1.29, 1.82) is 0 Å². The summed E-state index contributed by atoms with van der Waals surface area (Å²) < 4.78 is 13.7. The van der Waals surface area contributed by atoms with Gasteiger partial charge in [0.25, 0.3) is 0 Å². The summed E-state index contributed by atoms with van der Waals surface area (Å²) in [7, 11) is 0. The SMILES string of the molecule is CC(C)(C)CC(N)c1ccc(F)c2ccccc12. The molecule has 0 aliphatic heterocycles. The minimum Gasteiger partial charge on any atom is -0.324 e. The molecule has 0 radical (unpaired) electrons. The molecule has 0 aromatic heterocycles. The Kier molecular flexibility index (Phi) is 3.40. The molecule has 1 atom stereocenters. The van der Waals surface area contributed by atoms with E-state index in [1.165, 1.54) is 6.07 Å². The van der Waals surface area contributed by atoms with Gasteiger partial charge in [0.15, 0.2) is 0 Å². The fourth-order valence-corrected chi connectivity index (χ4v) is 2.38. The number of rotatable bonds is 2. The van der Waals surface area contributed by atoms with Gasteiger partial charge in [-0.05, 0) is 28.9 Å². The zero-order valence-electron chi connectivity index (χ0n) is 11.2. The molecule has 0 amide bonds. The first-order chi connectivity index (χ1) is 8.38. The van der Waals surface area contributed by atoms with Gasteiger partial charge in [-0.1, -0.05) is 51.1 Å². The van der Waals surface area contributed by atoms with Gasteiger partial charge in [0, 0.05) is 11.4 Å². The number of halogens is 1. The Morgan fingerprint density at radius 1 is 1.06 bits per heavy atom. The van der Waals surface area contributed by atoms with Crippen LogP contribution < -0.4 is 5.73 Å². The molecule has 0 bridgehead atoms. The first kappa shape index (κ1) is 13.0. The largest absolute Gasteiger partial charge is 0.324 e. The Bertz CT molecular complexity index is 555. The molecular formula is C16H20FN. The number of fused-ring (bicyclic) bond motifs is 1. The molecule has 0 aliphatic carbocycles. The molecule has 2 heteroatoms. The summed E-state index contributed by atoms with van der Waals surface area (Å²) >= 11 is 0. The maximum absolute atomic E-state index is 13.7. The Hall–Kier alpha value is -1.41. The molecule has 0 aliphatic rings. The molecule has 0 spiro atoms. The molecule has 2 N–H and O–H groups in total. The van der Waals surface area contributed by atoms with E-state index in [1.54, 1.807) is 6.07 Å². The van der Waals surface area contributed by atoms with Crippen LogP contribution >= 0.6 is 0 Å². The highest BCUT2D eigenvalue weighted by Gasteiger charge is 2.19. The topological polar surface area (TPSA) is 26.0 Å². The van der Waals surface area contributed by atoms with Crippen LogP contribution in [0.3, 0.4) is 0 Å². The van der Waals surface area contributed by atoms with Crippen molar-refractivity contribution in [2.24, 2.45) is 11.1 Å². The summed E-state index contributed by atoms with van der Waals surface area (Å²) in [5.74, 6) is -0.183. The van der Waals surface area contributed by atoms with E-state index in [0.29, 0.717) is 5.39 Å². The molecule has 2 aromatic rings. The predicted molar refractivity (Wildman–Crippen MR) is 74.9 cm³/mol. The van der Waals surface area contributed by atoms with Crippen LogP contribution in [-0.2, 0) is 0 Å². The summed E-state index contributed by atoms with van der Waals surface area (Å²) in [6.45, 7) is 6.50. The second kappa shape index (κ2) is 4.69. The molecule has 2 rings (SSSR count). The van der Waals surface area contributed by atoms with Crippen LogP contribution in [0.1, 0.15) is 38.8 Å². The van der Waals surface area contributed by atoms with Gasteiger partial charge in [0.05, 0.1) is 0 Å². The molecule has 0 saturated heterocycles. The number of nitrogens with two attached hydrogens (primary N) is 1. The lowest BCUT2D eigenvalue weighted by Gasteiger charge is -2.24. The Labute approximate surface area is 108 Å². The molecule has 0 heterocycles. The fraction of sp³-hybridized carbons (Fsp3) is 0.375. The fourth-order valence-electron chi connectivity index (χ4n) is 2.38. The van der Waals surface area contributed by atoms with Crippen LogP contribution in [0.5, 0.6) is 0 Å². The van der Waals surface area contributed by atoms with Gasteiger partial charge in [-0.25, -0.2) is 4.39 Å². The van der Waals surface area contributed by atoms with E-state index in [0.717, 1.165) is 17.4 Å². The number of hydrogen-bond donors (Lipinski definition) is 1. The van der Waals surface area contributed by atoms with E-state index >= 15 is 0 Å². The molecule has 0 saturated carbocycles. The first-order valence-corrected chi connectivity index (χ1v) is 6.31. The van der Waals surface area contributed by atoms with Gasteiger partial charge in [0.2, 0.25) is 0 Å². The molecule has 2 aromatic carbocycles. The summed E-state index contributed by atoms with van der Waals surface area (Å²) in [6, 6.07) is 10.8. The zero-order chi connectivity index (χ0) is 13.3. The van der Waals surface area contributed by atoms with Crippen molar-refractivity contribution in [3.8, 4) is 0 Å². The third kappa shape index (κ3) is 2.70. The second-order valence-corrected chi connectivity index (χ2v) is 6.05. The zero-order valence-corrected chi connectivity index (χ0v) is 11.2. The van der Waals surface area contributed by atoms with Gasteiger partial charge < -0.3 is 5.73 Å². The lowest BCUT2D eigenvalue weighted by Crippen LogP contribution is -2.19. The number of benzene rings is 2. The van der Waals surface area contributed by atoms with Crippen LogP contribution in [0.15, 0.2) is 36.4 Å². The predicted octanol–water partition coefficient (Wildman–Crippen LogP) is 4.41. The molecule has 0 fully saturated rings. The Balaban J connectivity index is 2.49. The monoisotopic (exact) mass is 245 g/mol. The van der Waals surface area contributed by atoms with Crippen molar-refractivity contribution in [3.05, 3.63) is 47.8 Å². The van der Waals surface area contributed by atoms with Crippen molar-refractivity contribution in [1.82, 2.24) is 0 Å². The average Bonchev–Trinajstić information content (AvgIpc) is 2.27. The smallest absolute Gasteiger partial charge is 0.131 e. The summed E-state index contributed by atoms with van der Waals surface area (Å²) in [5.41, 5.74) is 7.47. The highest BCUT2D eigenvalue weighted by atomic mass is 19.1. The highest BCUT2D eigenvalue weighted by Crippen LogP contribution is 2.32. The third-order valence-corrected chi connectivity index (χ3v) is 3.14. The van der Waals surface area contributed by atoms with E-state index in [1.807, 2.05) is 24.3 Å². The maximum atomic E-state index is 13.7. The van der Waals surface area contributed by atoms with Crippen LogP contribution in [-0.4, -0.2) is 0 Å². The summed E-state index contributed by atoms with van der Waals surface area (Å²) in [4.78, 5) is 0. The maximum Gasteiger partial charge on any atom is 0.131 e. The van der Waals surface area contributed by atoms with Crippen molar-refractivity contribution in [3.63, 3.8) is 0 Å². The second-order valence-electron chi connectivity index (χ2n) is 6.05. The lowest BCUT2D eigenvalue weighted by molar-refractivity contribution is 0.343. The van der Waals surface area contributed by atoms with Gasteiger partial charge in [0.1, 0.15) is 5.82 Å². The summed E-state index contributed by atoms with van der Waals surface area (Å²) in [6.07, 6.45) is 0.878. The van der Waals surface area contributed by atoms with Crippen molar-refractivity contribution < 1.29 is 4.39 Å². The minimum atomic E-state index is -0.183. The van der Waals surface area contributed by atoms with Crippen molar-refractivity contribution >= 4 is 10.8 Å². The van der Waals surface area contributed by atoms with Crippen LogP contribution in [0.4, 0.5) is 4.39 Å². The van der Waals surface area contributed by atoms with E-state index < -0.39 is 0 Å². The van der Waals surface area contributed by atoms with Crippen molar-refractivity contribution in [2.45, 2.75) is 33.2 Å². The first-order valence-electron chi connectivity index (χ1n) is 6.31. The standard InChI is InChI=1S/C16H20FN/c1-16(2,3)10-15(18)13-8-9-14(17)12-7-5-4-6-11(12)13/h4-9,15H,10,18H2,1-3H3. The van der Waals surface area contributed by atoms with E-state index in [-0.39, 0.29) is 17.3 Å². The van der Waals surface area contributed by atoms with E-state index in [9.17, 15) is 4.39 Å².